The van der Waals surface area contributed by atoms with Crippen molar-refractivity contribution >= 4 is 11.7 Å². The fraction of sp³-hybridized carbons (Fsp3) is 0.333. The summed E-state index contributed by atoms with van der Waals surface area (Å²) in [5.41, 5.74) is 2.22. The summed E-state index contributed by atoms with van der Waals surface area (Å²) in [5.74, 6) is 0.646. The third kappa shape index (κ3) is 4.25. The Morgan fingerprint density at radius 2 is 1.93 bits per heavy atom. The predicted octanol–water partition coefficient (Wildman–Crippen LogP) is 1.60. The molecule has 0 fully saturated rings. The lowest BCUT2D eigenvalue weighted by Crippen LogP contribution is -2.28. The number of hydrogen-bond acceptors (Lipinski definition) is 6. The van der Waals surface area contributed by atoms with Crippen LogP contribution in [0.25, 0.3) is 5.82 Å². The fourth-order valence-electron chi connectivity index (χ4n) is 2.60. The third-order valence-corrected chi connectivity index (χ3v) is 3.95. The number of aromatic nitrogens is 6. The van der Waals surface area contributed by atoms with Gasteiger partial charge in [0.1, 0.15) is 18.7 Å². The van der Waals surface area contributed by atoms with Crippen LogP contribution in [-0.2, 0) is 11.3 Å². The highest BCUT2D eigenvalue weighted by molar-refractivity contribution is 5.89. The molecule has 1 N–H and O–H groups in total. The normalized spacial score (nSPS) is 11.0. The molecule has 3 aromatic rings. The molecule has 0 unspecified atom stereocenters. The standard InChI is InChI=1S/C18H21N7O2/c1-11(2)14-6-18(27)24(10-21-14)8-17(26)22-15-7-16(20-9-19-15)25-13(4)5-12(3)23-25/h5-7,9-11H,8H2,1-4H3,(H,19,20,22,26). The van der Waals surface area contributed by atoms with E-state index in [-0.39, 0.29) is 23.9 Å². The predicted molar refractivity (Wildman–Crippen MR) is 99.8 cm³/mol. The van der Waals surface area contributed by atoms with Gasteiger partial charge in [-0.3, -0.25) is 14.2 Å². The second-order valence-corrected chi connectivity index (χ2v) is 6.58. The number of nitrogens with zero attached hydrogens (tertiary/aromatic N) is 6. The highest BCUT2D eigenvalue weighted by Crippen LogP contribution is 2.12. The number of amides is 1. The van der Waals surface area contributed by atoms with Crippen LogP contribution in [-0.4, -0.2) is 35.2 Å². The molecule has 0 aliphatic carbocycles. The zero-order valence-electron chi connectivity index (χ0n) is 15.7. The molecule has 0 aliphatic heterocycles. The molecule has 3 heterocycles. The van der Waals surface area contributed by atoms with Gasteiger partial charge in [0.25, 0.3) is 5.56 Å². The van der Waals surface area contributed by atoms with Crippen LogP contribution in [0.5, 0.6) is 0 Å². The monoisotopic (exact) mass is 367 g/mol. The number of carbonyl (C=O) groups excluding carboxylic acids is 1. The topological polar surface area (TPSA) is 108 Å². The molecular weight excluding hydrogens is 346 g/mol. The van der Waals surface area contributed by atoms with E-state index in [9.17, 15) is 9.59 Å². The van der Waals surface area contributed by atoms with E-state index in [1.54, 1.807) is 10.7 Å². The van der Waals surface area contributed by atoms with Gasteiger partial charge in [-0.05, 0) is 25.8 Å². The fourth-order valence-corrected chi connectivity index (χ4v) is 2.60. The molecule has 0 saturated carbocycles. The van der Waals surface area contributed by atoms with Gasteiger partial charge < -0.3 is 5.32 Å². The van der Waals surface area contributed by atoms with Crippen molar-refractivity contribution in [3.05, 3.63) is 58.3 Å². The largest absolute Gasteiger partial charge is 0.309 e. The quantitative estimate of drug-likeness (QED) is 0.734. The first-order valence-corrected chi connectivity index (χ1v) is 8.55. The minimum absolute atomic E-state index is 0.148. The van der Waals surface area contributed by atoms with E-state index >= 15 is 0 Å². The van der Waals surface area contributed by atoms with E-state index in [0.717, 1.165) is 11.4 Å². The summed E-state index contributed by atoms with van der Waals surface area (Å²) in [7, 11) is 0. The maximum absolute atomic E-state index is 12.3. The Bertz CT molecular complexity index is 1040. The first-order valence-electron chi connectivity index (χ1n) is 8.55. The molecule has 3 aromatic heterocycles. The lowest BCUT2D eigenvalue weighted by atomic mass is 10.1. The second kappa shape index (κ2) is 7.48. The van der Waals surface area contributed by atoms with Gasteiger partial charge in [-0.25, -0.2) is 19.6 Å². The lowest BCUT2D eigenvalue weighted by Gasteiger charge is -2.09. The van der Waals surface area contributed by atoms with Crippen molar-refractivity contribution in [3.8, 4) is 5.82 Å². The zero-order valence-corrected chi connectivity index (χ0v) is 15.7. The molecule has 0 aliphatic rings. The molecule has 0 radical (unpaired) electrons. The first kappa shape index (κ1) is 18.4. The second-order valence-electron chi connectivity index (χ2n) is 6.58. The number of carbonyl (C=O) groups is 1. The summed E-state index contributed by atoms with van der Waals surface area (Å²) in [5, 5.41) is 7.04. The van der Waals surface area contributed by atoms with Crippen LogP contribution in [0.2, 0.25) is 0 Å². The van der Waals surface area contributed by atoms with Crippen LogP contribution in [0, 0.1) is 13.8 Å². The average molecular weight is 367 g/mol. The molecule has 1 amide bonds. The van der Waals surface area contributed by atoms with Gasteiger partial charge in [0.2, 0.25) is 5.91 Å². The van der Waals surface area contributed by atoms with Gasteiger partial charge in [0, 0.05) is 17.8 Å². The molecule has 0 bridgehead atoms. The van der Waals surface area contributed by atoms with Gasteiger partial charge in [-0.1, -0.05) is 13.8 Å². The Morgan fingerprint density at radius 1 is 1.15 bits per heavy atom. The summed E-state index contributed by atoms with van der Waals surface area (Å²) in [6.45, 7) is 7.57. The van der Waals surface area contributed by atoms with Gasteiger partial charge >= 0.3 is 0 Å². The number of rotatable bonds is 5. The molecule has 9 nitrogen and oxygen atoms in total. The number of nitrogens with one attached hydrogen (secondary N) is 1. The van der Waals surface area contributed by atoms with Gasteiger partial charge in [-0.2, -0.15) is 5.10 Å². The van der Waals surface area contributed by atoms with Crippen molar-refractivity contribution < 1.29 is 4.79 Å². The van der Waals surface area contributed by atoms with Crippen molar-refractivity contribution in [2.45, 2.75) is 40.2 Å². The smallest absolute Gasteiger partial charge is 0.254 e. The Balaban J connectivity index is 1.74. The van der Waals surface area contributed by atoms with E-state index in [4.69, 9.17) is 0 Å². The molecule has 0 aromatic carbocycles. The molecule has 3 rings (SSSR count). The van der Waals surface area contributed by atoms with Crippen LogP contribution in [0.15, 0.2) is 35.6 Å². The van der Waals surface area contributed by atoms with Crippen LogP contribution >= 0.6 is 0 Å². The number of aryl methyl sites for hydroxylation is 2. The van der Waals surface area contributed by atoms with Crippen LogP contribution in [0.1, 0.15) is 36.8 Å². The molecule has 0 atom stereocenters. The Labute approximate surface area is 156 Å². The summed E-state index contributed by atoms with van der Waals surface area (Å²) in [6, 6.07) is 5.00. The van der Waals surface area contributed by atoms with E-state index in [2.05, 4.69) is 25.4 Å². The summed E-state index contributed by atoms with van der Waals surface area (Å²) in [4.78, 5) is 36.9. The van der Waals surface area contributed by atoms with Gasteiger partial charge in [-0.15, -0.1) is 0 Å². The van der Waals surface area contributed by atoms with Crippen molar-refractivity contribution in [1.82, 2.24) is 29.3 Å². The van der Waals surface area contributed by atoms with E-state index in [1.807, 2.05) is 33.8 Å². The van der Waals surface area contributed by atoms with Gasteiger partial charge in [0.15, 0.2) is 5.82 Å². The Hall–Kier alpha value is -3.36. The van der Waals surface area contributed by atoms with E-state index < -0.39 is 0 Å². The molecule has 140 valence electrons. The maximum atomic E-state index is 12.3. The first-order chi connectivity index (χ1) is 12.8. The molecular formula is C18H21N7O2. The minimum Gasteiger partial charge on any atom is -0.309 e. The molecule has 27 heavy (non-hydrogen) atoms. The van der Waals surface area contributed by atoms with Gasteiger partial charge in [0.05, 0.1) is 17.7 Å². The summed E-state index contributed by atoms with van der Waals surface area (Å²) < 4.78 is 2.93. The van der Waals surface area contributed by atoms with Crippen LogP contribution in [0.3, 0.4) is 0 Å². The molecule has 0 saturated heterocycles. The van der Waals surface area contributed by atoms with Crippen molar-refractivity contribution in [2.24, 2.45) is 0 Å². The average Bonchev–Trinajstić information content (AvgIpc) is 2.95. The SMILES string of the molecule is Cc1cc(C)n(-c2cc(NC(=O)Cn3cnc(C(C)C)cc3=O)ncn2)n1. The summed E-state index contributed by atoms with van der Waals surface area (Å²) >= 11 is 0. The molecule has 0 spiro atoms. The third-order valence-electron chi connectivity index (χ3n) is 3.95. The Kier molecular flexibility index (Phi) is 5.11. The minimum atomic E-state index is -0.380. The highest BCUT2D eigenvalue weighted by Gasteiger charge is 2.11. The zero-order chi connectivity index (χ0) is 19.6. The number of hydrogen-bond donors (Lipinski definition) is 1. The number of anilines is 1. The van der Waals surface area contributed by atoms with Crippen LogP contribution in [0.4, 0.5) is 5.82 Å². The summed E-state index contributed by atoms with van der Waals surface area (Å²) in [6.07, 6.45) is 2.74. The highest BCUT2D eigenvalue weighted by atomic mass is 16.2. The van der Waals surface area contributed by atoms with Crippen molar-refractivity contribution in [2.75, 3.05) is 5.32 Å². The van der Waals surface area contributed by atoms with Crippen LogP contribution < -0.4 is 10.9 Å². The van der Waals surface area contributed by atoms with E-state index in [0.29, 0.717) is 17.3 Å². The van der Waals surface area contributed by atoms with Crippen molar-refractivity contribution in [1.29, 1.82) is 0 Å². The lowest BCUT2D eigenvalue weighted by molar-refractivity contribution is -0.116. The van der Waals surface area contributed by atoms with Crippen molar-refractivity contribution in [3.63, 3.8) is 0 Å². The maximum Gasteiger partial charge on any atom is 0.254 e. The Morgan fingerprint density at radius 3 is 2.56 bits per heavy atom. The molecule has 9 heteroatoms. The van der Waals surface area contributed by atoms with E-state index in [1.165, 1.54) is 23.3 Å².